The maximum absolute atomic E-state index is 12.6. The highest BCUT2D eigenvalue weighted by molar-refractivity contribution is 6.21. The second-order valence-corrected chi connectivity index (χ2v) is 4.24. The van der Waals surface area contributed by atoms with E-state index in [0.717, 1.165) is 0 Å². The number of rotatable bonds is 3. The lowest BCUT2D eigenvalue weighted by atomic mass is 10.1. The summed E-state index contributed by atoms with van der Waals surface area (Å²) in [5.74, 6) is -3.32. The fourth-order valence-electron chi connectivity index (χ4n) is 1.94. The Bertz CT molecular complexity index is 493. The number of hydrogen-bond donors (Lipinski definition) is 1. The first kappa shape index (κ1) is 13.5. The normalized spacial score (nSPS) is 16.7. The second kappa shape index (κ2) is 4.65. The van der Waals surface area contributed by atoms with Gasteiger partial charge in [-0.25, -0.2) is 0 Å². The van der Waals surface area contributed by atoms with Gasteiger partial charge in [-0.2, -0.15) is 13.2 Å². The largest absolute Gasteiger partial charge is 0.394 e. The van der Waals surface area contributed by atoms with Gasteiger partial charge in [0.1, 0.15) is 0 Å². The summed E-state index contributed by atoms with van der Waals surface area (Å²) in [6.45, 7) is -1.41. The molecule has 4 nitrogen and oxygen atoms in total. The molecule has 1 aromatic carbocycles. The molecule has 0 bridgehead atoms. The fraction of sp³-hybridized carbons (Fsp3) is 0.333. The standard InChI is InChI=1S/C12H11F3N2O2/c13-12(14,15)7(5-16)6-17-10(18)8-3-1-2-4-9(8)11(17)19/h1-4,7H,5-6,16H2. The zero-order valence-corrected chi connectivity index (χ0v) is 9.78. The average Bonchev–Trinajstić information content (AvgIpc) is 2.59. The molecule has 1 unspecified atom stereocenters. The van der Waals surface area contributed by atoms with Crippen LogP contribution in [0.5, 0.6) is 0 Å². The first-order chi connectivity index (χ1) is 8.86. The van der Waals surface area contributed by atoms with Gasteiger partial charge in [0.05, 0.1) is 17.0 Å². The predicted octanol–water partition coefficient (Wildman–Crippen LogP) is 1.42. The van der Waals surface area contributed by atoms with E-state index in [4.69, 9.17) is 5.73 Å². The second-order valence-electron chi connectivity index (χ2n) is 4.24. The Hall–Kier alpha value is -1.89. The van der Waals surface area contributed by atoms with Gasteiger partial charge < -0.3 is 5.73 Å². The lowest BCUT2D eigenvalue weighted by molar-refractivity contribution is -0.173. The van der Waals surface area contributed by atoms with Gasteiger partial charge >= 0.3 is 6.18 Å². The van der Waals surface area contributed by atoms with Crippen molar-refractivity contribution in [1.82, 2.24) is 4.90 Å². The topological polar surface area (TPSA) is 63.4 Å². The molecule has 1 atom stereocenters. The Balaban J connectivity index is 2.25. The van der Waals surface area contributed by atoms with Gasteiger partial charge in [0, 0.05) is 13.1 Å². The smallest absolute Gasteiger partial charge is 0.330 e. The van der Waals surface area contributed by atoms with Crippen LogP contribution in [-0.2, 0) is 0 Å². The van der Waals surface area contributed by atoms with Crippen LogP contribution in [0.4, 0.5) is 13.2 Å². The molecule has 2 amide bonds. The van der Waals surface area contributed by atoms with Crippen LogP contribution in [-0.4, -0.2) is 36.0 Å². The number of nitrogens with two attached hydrogens (primary N) is 1. The number of carbonyl (C=O) groups is 2. The van der Waals surface area contributed by atoms with Crippen molar-refractivity contribution < 1.29 is 22.8 Å². The molecule has 19 heavy (non-hydrogen) atoms. The molecule has 1 aromatic rings. The summed E-state index contributed by atoms with van der Waals surface area (Å²) < 4.78 is 37.9. The van der Waals surface area contributed by atoms with Crippen molar-refractivity contribution >= 4 is 11.8 Å². The van der Waals surface area contributed by atoms with Gasteiger partial charge in [-0.15, -0.1) is 0 Å². The molecule has 1 heterocycles. The van der Waals surface area contributed by atoms with Crippen LogP contribution in [0.2, 0.25) is 0 Å². The first-order valence-electron chi connectivity index (χ1n) is 5.58. The van der Waals surface area contributed by atoms with E-state index in [1.54, 1.807) is 12.1 Å². The van der Waals surface area contributed by atoms with Crippen molar-refractivity contribution in [2.45, 2.75) is 6.18 Å². The summed E-state index contributed by atoms with van der Waals surface area (Å²) >= 11 is 0. The van der Waals surface area contributed by atoms with Gasteiger partial charge in [-0.3, -0.25) is 14.5 Å². The third kappa shape index (κ3) is 2.33. The molecule has 0 aliphatic carbocycles. The van der Waals surface area contributed by atoms with Crippen molar-refractivity contribution in [3.05, 3.63) is 35.4 Å². The van der Waals surface area contributed by atoms with Gasteiger partial charge in [-0.1, -0.05) is 12.1 Å². The third-order valence-electron chi connectivity index (χ3n) is 3.03. The molecule has 0 fully saturated rings. The molecular weight excluding hydrogens is 261 g/mol. The van der Waals surface area contributed by atoms with E-state index >= 15 is 0 Å². The summed E-state index contributed by atoms with van der Waals surface area (Å²) in [5, 5.41) is 0. The molecule has 0 radical (unpaired) electrons. The molecule has 1 aliphatic heterocycles. The average molecular weight is 272 g/mol. The zero-order chi connectivity index (χ0) is 14.2. The molecule has 1 aliphatic rings. The Kier molecular flexibility index (Phi) is 3.32. The van der Waals surface area contributed by atoms with E-state index in [9.17, 15) is 22.8 Å². The molecule has 0 saturated carbocycles. The van der Waals surface area contributed by atoms with Crippen LogP contribution in [0.3, 0.4) is 0 Å². The van der Waals surface area contributed by atoms with Crippen LogP contribution in [0.25, 0.3) is 0 Å². The van der Waals surface area contributed by atoms with E-state index in [1.807, 2.05) is 0 Å². The highest BCUT2D eigenvalue weighted by atomic mass is 19.4. The number of benzene rings is 1. The van der Waals surface area contributed by atoms with E-state index in [1.165, 1.54) is 12.1 Å². The summed E-state index contributed by atoms with van der Waals surface area (Å²) in [6, 6.07) is 5.94. The predicted molar refractivity (Wildman–Crippen MR) is 60.4 cm³/mol. The monoisotopic (exact) mass is 272 g/mol. The van der Waals surface area contributed by atoms with Crippen molar-refractivity contribution in [2.75, 3.05) is 13.1 Å². The van der Waals surface area contributed by atoms with Crippen molar-refractivity contribution in [2.24, 2.45) is 11.7 Å². The fourth-order valence-corrected chi connectivity index (χ4v) is 1.94. The number of fused-ring (bicyclic) bond motifs is 1. The molecule has 0 saturated heterocycles. The Labute approximate surface area is 107 Å². The highest BCUT2D eigenvalue weighted by Gasteiger charge is 2.44. The SMILES string of the molecule is NCC(CN1C(=O)c2ccccc2C1=O)C(F)(F)F. The number of nitrogens with zero attached hydrogens (tertiary/aromatic N) is 1. The quantitative estimate of drug-likeness (QED) is 0.846. The number of amides is 2. The van der Waals surface area contributed by atoms with Gasteiger partial charge in [-0.05, 0) is 12.1 Å². The Morgan fingerprint density at radius 2 is 1.58 bits per heavy atom. The molecule has 2 N–H and O–H groups in total. The maximum Gasteiger partial charge on any atom is 0.394 e. The van der Waals surface area contributed by atoms with E-state index in [0.29, 0.717) is 4.90 Å². The minimum atomic E-state index is -4.54. The van der Waals surface area contributed by atoms with Crippen LogP contribution < -0.4 is 5.73 Å². The number of alkyl halides is 3. The van der Waals surface area contributed by atoms with E-state index in [2.05, 4.69) is 0 Å². The number of hydrogen-bond acceptors (Lipinski definition) is 3. The first-order valence-corrected chi connectivity index (χ1v) is 5.58. The molecule has 102 valence electrons. The van der Waals surface area contributed by atoms with Crippen molar-refractivity contribution in [1.29, 1.82) is 0 Å². The number of imide groups is 1. The maximum atomic E-state index is 12.6. The van der Waals surface area contributed by atoms with Crippen molar-refractivity contribution in [3.63, 3.8) is 0 Å². The van der Waals surface area contributed by atoms with Crippen LogP contribution in [0, 0.1) is 5.92 Å². The molecule has 7 heteroatoms. The summed E-state index contributed by atoms with van der Waals surface area (Å²) in [4.78, 5) is 24.4. The lowest BCUT2D eigenvalue weighted by Gasteiger charge is -2.23. The highest BCUT2D eigenvalue weighted by Crippen LogP contribution is 2.29. The minimum absolute atomic E-state index is 0.130. The Morgan fingerprint density at radius 1 is 1.11 bits per heavy atom. The van der Waals surface area contributed by atoms with Gasteiger partial charge in [0.25, 0.3) is 11.8 Å². The third-order valence-corrected chi connectivity index (χ3v) is 3.03. The van der Waals surface area contributed by atoms with Crippen LogP contribution >= 0.6 is 0 Å². The minimum Gasteiger partial charge on any atom is -0.330 e. The summed E-state index contributed by atoms with van der Waals surface area (Å²) in [7, 11) is 0. The van der Waals surface area contributed by atoms with Crippen LogP contribution in [0.15, 0.2) is 24.3 Å². The van der Waals surface area contributed by atoms with Gasteiger partial charge in [0.2, 0.25) is 0 Å². The summed E-state index contributed by atoms with van der Waals surface area (Å²) in [6.07, 6.45) is -4.54. The molecule has 0 aromatic heterocycles. The summed E-state index contributed by atoms with van der Waals surface area (Å²) in [5.41, 5.74) is 5.32. The zero-order valence-electron chi connectivity index (χ0n) is 9.78. The molecule has 0 spiro atoms. The lowest BCUT2D eigenvalue weighted by Crippen LogP contribution is -2.43. The van der Waals surface area contributed by atoms with E-state index in [-0.39, 0.29) is 11.1 Å². The van der Waals surface area contributed by atoms with E-state index < -0.39 is 37.0 Å². The van der Waals surface area contributed by atoms with Crippen molar-refractivity contribution in [3.8, 4) is 0 Å². The number of halogens is 3. The number of carbonyl (C=O) groups excluding carboxylic acids is 2. The van der Waals surface area contributed by atoms with Crippen LogP contribution in [0.1, 0.15) is 20.7 Å². The van der Waals surface area contributed by atoms with Gasteiger partial charge in [0.15, 0.2) is 0 Å². The molecule has 2 rings (SSSR count). The Morgan fingerprint density at radius 3 is 1.95 bits per heavy atom. The molecular formula is C12H11F3N2O2.